The molecule has 0 saturated carbocycles. The number of nitro benzene ring substituents is 1. The third-order valence-corrected chi connectivity index (χ3v) is 3.66. The number of nitrogens with zero attached hydrogens (tertiary/aromatic N) is 1. The van der Waals surface area contributed by atoms with Gasteiger partial charge in [-0.25, -0.2) is 0 Å². The molecule has 0 aliphatic rings. The Labute approximate surface area is 114 Å². The lowest BCUT2D eigenvalue weighted by Crippen LogP contribution is -1.95. The summed E-state index contributed by atoms with van der Waals surface area (Å²) in [5, 5.41) is 12.6. The van der Waals surface area contributed by atoms with Gasteiger partial charge in [0.2, 0.25) is 5.75 Å². The van der Waals surface area contributed by atoms with Gasteiger partial charge in [0, 0.05) is 15.9 Å². The number of rotatable bonds is 2. The number of halogens is 2. The van der Waals surface area contributed by atoms with Gasteiger partial charge in [-0.1, -0.05) is 22.0 Å². The minimum atomic E-state index is -0.454. The highest BCUT2D eigenvalue weighted by molar-refractivity contribution is 9.11. The van der Waals surface area contributed by atoms with Crippen LogP contribution >= 0.6 is 31.9 Å². The zero-order valence-electron chi connectivity index (χ0n) is 8.74. The van der Waals surface area contributed by atoms with Crippen molar-refractivity contribution in [1.82, 2.24) is 0 Å². The number of methoxy groups -OCH3 is 1. The van der Waals surface area contributed by atoms with E-state index in [-0.39, 0.29) is 11.4 Å². The minimum Gasteiger partial charge on any atom is -0.489 e. The SMILES string of the molecule is COc1c([N+](=O)[O-])cc2cc(Br)ccc2c1Br. The van der Waals surface area contributed by atoms with Gasteiger partial charge in [-0.15, -0.1) is 0 Å². The topological polar surface area (TPSA) is 52.4 Å². The maximum atomic E-state index is 11.0. The first-order valence-corrected chi connectivity index (χ1v) is 6.23. The Morgan fingerprint density at radius 3 is 2.59 bits per heavy atom. The van der Waals surface area contributed by atoms with Gasteiger partial charge < -0.3 is 4.74 Å². The molecule has 0 unspecified atom stereocenters. The molecule has 0 radical (unpaired) electrons. The molecule has 0 aliphatic carbocycles. The number of fused-ring (bicyclic) bond motifs is 1. The van der Waals surface area contributed by atoms with Crippen LogP contribution in [0.2, 0.25) is 0 Å². The first kappa shape index (κ1) is 12.3. The average molecular weight is 361 g/mol. The van der Waals surface area contributed by atoms with Crippen molar-refractivity contribution in [3.8, 4) is 5.75 Å². The molecule has 0 fully saturated rings. The lowest BCUT2D eigenvalue weighted by molar-refractivity contribution is -0.385. The summed E-state index contributed by atoms with van der Waals surface area (Å²) < 4.78 is 6.54. The molecule has 0 heterocycles. The van der Waals surface area contributed by atoms with E-state index in [0.29, 0.717) is 4.47 Å². The molecule has 88 valence electrons. The van der Waals surface area contributed by atoms with Crippen molar-refractivity contribution in [2.45, 2.75) is 0 Å². The van der Waals surface area contributed by atoms with Crippen molar-refractivity contribution in [3.05, 3.63) is 43.3 Å². The molecule has 17 heavy (non-hydrogen) atoms. The van der Waals surface area contributed by atoms with Crippen LogP contribution in [-0.2, 0) is 0 Å². The average Bonchev–Trinajstić information content (AvgIpc) is 2.28. The van der Waals surface area contributed by atoms with Crippen molar-refractivity contribution in [1.29, 1.82) is 0 Å². The van der Waals surface area contributed by atoms with E-state index in [9.17, 15) is 10.1 Å². The minimum absolute atomic E-state index is 0.0509. The number of hydrogen-bond acceptors (Lipinski definition) is 3. The number of ether oxygens (including phenoxy) is 1. The highest BCUT2D eigenvalue weighted by Crippen LogP contribution is 2.41. The second kappa shape index (κ2) is 4.62. The highest BCUT2D eigenvalue weighted by Gasteiger charge is 2.20. The van der Waals surface area contributed by atoms with Gasteiger partial charge in [-0.3, -0.25) is 10.1 Å². The Morgan fingerprint density at radius 2 is 2.00 bits per heavy atom. The standard InChI is InChI=1S/C11H7Br2NO3/c1-17-11-9(14(15)16)5-6-4-7(12)2-3-8(6)10(11)13/h2-5H,1H3. The molecule has 0 amide bonds. The smallest absolute Gasteiger partial charge is 0.312 e. The number of hydrogen-bond donors (Lipinski definition) is 0. The van der Waals surface area contributed by atoms with Gasteiger partial charge in [0.15, 0.2) is 0 Å². The third-order valence-electron chi connectivity index (χ3n) is 2.38. The van der Waals surface area contributed by atoms with Crippen molar-refractivity contribution in [2.24, 2.45) is 0 Å². The van der Waals surface area contributed by atoms with Gasteiger partial charge in [0.1, 0.15) is 0 Å². The van der Waals surface area contributed by atoms with Crippen LogP contribution in [0.1, 0.15) is 0 Å². The van der Waals surface area contributed by atoms with Gasteiger partial charge in [0.25, 0.3) is 0 Å². The molecule has 0 bridgehead atoms. The first-order valence-electron chi connectivity index (χ1n) is 4.64. The summed E-state index contributed by atoms with van der Waals surface area (Å²) in [4.78, 5) is 10.5. The highest BCUT2D eigenvalue weighted by atomic mass is 79.9. The Hall–Kier alpha value is -1.14. The van der Waals surface area contributed by atoms with Crippen molar-refractivity contribution in [2.75, 3.05) is 7.11 Å². The van der Waals surface area contributed by atoms with E-state index in [1.54, 1.807) is 0 Å². The molecule has 0 aliphatic heterocycles. The third kappa shape index (κ3) is 2.14. The van der Waals surface area contributed by atoms with E-state index in [2.05, 4.69) is 31.9 Å². The Balaban J connectivity index is 2.87. The van der Waals surface area contributed by atoms with E-state index in [1.807, 2.05) is 18.2 Å². The summed E-state index contributed by atoms with van der Waals surface area (Å²) >= 11 is 6.68. The Morgan fingerprint density at radius 1 is 1.29 bits per heavy atom. The maximum absolute atomic E-state index is 11.0. The molecule has 2 rings (SSSR count). The predicted octanol–water partition coefficient (Wildman–Crippen LogP) is 4.28. The zero-order chi connectivity index (χ0) is 12.6. The summed E-state index contributed by atoms with van der Waals surface area (Å²) in [5.74, 6) is 0.241. The number of benzene rings is 2. The van der Waals surface area contributed by atoms with E-state index in [0.717, 1.165) is 15.2 Å². The fourth-order valence-corrected chi connectivity index (χ4v) is 2.74. The summed E-state index contributed by atoms with van der Waals surface area (Å²) in [6.45, 7) is 0. The maximum Gasteiger partial charge on any atom is 0.312 e. The Bertz CT molecular complexity index is 613. The zero-order valence-corrected chi connectivity index (χ0v) is 11.9. The number of nitro groups is 1. The molecule has 4 nitrogen and oxygen atoms in total. The molecular weight excluding hydrogens is 354 g/mol. The summed E-state index contributed by atoms with van der Waals surface area (Å²) in [7, 11) is 1.41. The van der Waals surface area contributed by atoms with Crippen LogP contribution in [0.15, 0.2) is 33.2 Å². The molecule has 0 N–H and O–H groups in total. The molecule has 0 saturated heterocycles. The molecule has 6 heteroatoms. The van der Waals surface area contributed by atoms with Gasteiger partial charge in [-0.05, 0) is 33.4 Å². The summed E-state index contributed by atoms with van der Waals surface area (Å²) in [6, 6.07) is 7.07. The van der Waals surface area contributed by atoms with Crippen LogP contribution in [0, 0.1) is 10.1 Å². The van der Waals surface area contributed by atoms with E-state index in [1.165, 1.54) is 13.2 Å². The van der Waals surface area contributed by atoms with Crippen molar-refractivity contribution in [3.63, 3.8) is 0 Å². The van der Waals surface area contributed by atoms with Gasteiger partial charge in [-0.2, -0.15) is 0 Å². The Kier molecular flexibility index (Phi) is 3.35. The van der Waals surface area contributed by atoms with Gasteiger partial charge in [0.05, 0.1) is 16.5 Å². The van der Waals surface area contributed by atoms with Crippen LogP contribution in [0.5, 0.6) is 5.75 Å². The second-order valence-corrected chi connectivity index (χ2v) is 5.07. The van der Waals surface area contributed by atoms with Crippen LogP contribution < -0.4 is 4.74 Å². The van der Waals surface area contributed by atoms with Crippen LogP contribution in [0.3, 0.4) is 0 Å². The quantitative estimate of drug-likeness (QED) is 0.593. The fraction of sp³-hybridized carbons (Fsp3) is 0.0909. The molecule has 0 aromatic heterocycles. The lowest BCUT2D eigenvalue weighted by atomic mass is 10.1. The van der Waals surface area contributed by atoms with E-state index in [4.69, 9.17) is 4.74 Å². The van der Waals surface area contributed by atoms with Gasteiger partial charge >= 0.3 is 5.69 Å². The lowest BCUT2D eigenvalue weighted by Gasteiger charge is -2.08. The molecule has 0 atom stereocenters. The van der Waals surface area contributed by atoms with Crippen LogP contribution in [0.25, 0.3) is 10.8 Å². The predicted molar refractivity (Wildman–Crippen MR) is 72.6 cm³/mol. The molecule has 0 spiro atoms. The van der Waals surface area contributed by atoms with E-state index >= 15 is 0 Å². The molecular formula is C11H7Br2NO3. The van der Waals surface area contributed by atoms with Crippen molar-refractivity contribution < 1.29 is 9.66 Å². The van der Waals surface area contributed by atoms with Crippen molar-refractivity contribution >= 4 is 48.3 Å². The summed E-state index contributed by atoms with van der Waals surface area (Å²) in [6.07, 6.45) is 0. The largest absolute Gasteiger partial charge is 0.489 e. The summed E-state index contributed by atoms with van der Waals surface area (Å²) in [5.41, 5.74) is -0.0509. The van der Waals surface area contributed by atoms with Crippen LogP contribution in [-0.4, -0.2) is 12.0 Å². The van der Waals surface area contributed by atoms with E-state index < -0.39 is 4.92 Å². The first-order chi connectivity index (χ1) is 8.04. The monoisotopic (exact) mass is 359 g/mol. The molecule has 2 aromatic rings. The molecule has 2 aromatic carbocycles. The fourth-order valence-electron chi connectivity index (χ4n) is 1.63. The van der Waals surface area contributed by atoms with Crippen LogP contribution in [0.4, 0.5) is 5.69 Å². The normalized spacial score (nSPS) is 10.5. The second-order valence-electron chi connectivity index (χ2n) is 3.37.